The normalized spacial score (nSPS) is 11.4. The molecule has 0 unspecified atom stereocenters. The standard InChI is InChI=1S/C15H11N3S/c16-11-2-3-12-13(8-11)18-15(17-12)10-1-4-14-9(7-10)5-6-19-14/h1-8H,16H2,(H,17,18). The highest BCUT2D eigenvalue weighted by Crippen LogP contribution is 2.27. The number of aromatic nitrogens is 2. The van der Waals surface area contributed by atoms with Crippen LogP contribution in [0.15, 0.2) is 47.8 Å². The second kappa shape index (κ2) is 3.83. The SMILES string of the molecule is Nc1ccc2nc(-c3ccc4sccc4c3)[nH]c2c1. The van der Waals surface area contributed by atoms with Gasteiger partial charge in [-0.3, -0.25) is 0 Å². The Morgan fingerprint density at radius 1 is 1.05 bits per heavy atom. The van der Waals surface area contributed by atoms with Crippen LogP contribution in [0.4, 0.5) is 5.69 Å². The summed E-state index contributed by atoms with van der Waals surface area (Å²) in [5.74, 6) is 0.883. The summed E-state index contributed by atoms with van der Waals surface area (Å²) in [6, 6.07) is 14.2. The molecular weight excluding hydrogens is 254 g/mol. The van der Waals surface area contributed by atoms with Crippen molar-refractivity contribution < 1.29 is 0 Å². The molecule has 0 saturated carbocycles. The highest BCUT2D eigenvalue weighted by molar-refractivity contribution is 7.17. The van der Waals surface area contributed by atoms with Gasteiger partial charge in [-0.25, -0.2) is 4.98 Å². The highest BCUT2D eigenvalue weighted by Gasteiger charge is 2.06. The molecule has 3 N–H and O–H groups in total. The maximum Gasteiger partial charge on any atom is 0.138 e. The Kier molecular flexibility index (Phi) is 2.13. The molecule has 4 rings (SSSR count). The minimum Gasteiger partial charge on any atom is -0.399 e. The molecule has 0 fully saturated rings. The van der Waals surface area contributed by atoms with E-state index in [1.54, 1.807) is 11.3 Å². The quantitative estimate of drug-likeness (QED) is 0.510. The Morgan fingerprint density at radius 3 is 2.95 bits per heavy atom. The van der Waals surface area contributed by atoms with Crippen molar-refractivity contribution in [3.8, 4) is 11.4 Å². The predicted octanol–water partition coefficient (Wildman–Crippen LogP) is 4.03. The van der Waals surface area contributed by atoms with Crippen molar-refractivity contribution >= 4 is 38.1 Å². The summed E-state index contributed by atoms with van der Waals surface area (Å²) in [5, 5.41) is 3.36. The summed E-state index contributed by atoms with van der Waals surface area (Å²) in [6.45, 7) is 0. The fraction of sp³-hybridized carbons (Fsp3) is 0. The third-order valence-electron chi connectivity index (χ3n) is 3.23. The van der Waals surface area contributed by atoms with E-state index in [0.717, 1.165) is 28.1 Å². The fourth-order valence-electron chi connectivity index (χ4n) is 2.28. The maximum absolute atomic E-state index is 5.79. The first kappa shape index (κ1) is 10.6. The number of aromatic amines is 1. The van der Waals surface area contributed by atoms with Crippen LogP contribution in [-0.2, 0) is 0 Å². The molecule has 0 amide bonds. The Hall–Kier alpha value is -2.33. The topological polar surface area (TPSA) is 54.7 Å². The number of rotatable bonds is 1. The predicted molar refractivity (Wildman–Crippen MR) is 81.3 cm³/mol. The first-order valence-corrected chi connectivity index (χ1v) is 6.90. The molecule has 0 saturated heterocycles. The van der Waals surface area contributed by atoms with Gasteiger partial charge in [-0.2, -0.15) is 0 Å². The number of benzene rings is 2. The van der Waals surface area contributed by atoms with Crippen molar-refractivity contribution in [2.75, 3.05) is 5.73 Å². The Bertz CT molecular complexity index is 889. The largest absolute Gasteiger partial charge is 0.399 e. The number of imidazole rings is 1. The molecule has 0 aliphatic rings. The molecule has 0 atom stereocenters. The van der Waals surface area contributed by atoms with Crippen molar-refractivity contribution in [2.24, 2.45) is 0 Å². The lowest BCUT2D eigenvalue weighted by molar-refractivity contribution is 1.34. The molecule has 4 aromatic rings. The number of fused-ring (bicyclic) bond motifs is 2. The average molecular weight is 265 g/mol. The molecule has 0 aliphatic heterocycles. The summed E-state index contributed by atoms with van der Waals surface area (Å²) < 4.78 is 1.30. The first-order valence-electron chi connectivity index (χ1n) is 6.02. The van der Waals surface area contributed by atoms with Crippen LogP contribution in [0.2, 0.25) is 0 Å². The second-order valence-corrected chi connectivity index (χ2v) is 5.48. The summed E-state index contributed by atoms with van der Waals surface area (Å²) in [7, 11) is 0. The number of nitrogens with one attached hydrogen (secondary N) is 1. The first-order chi connectivity index (χ1) is 9.29. The Balaban J connectivity index is 1.92. The zero-order valence-corrected chi connectivity index (χ0v) is 10.9. The van der Waals surface area contributed by atoms with Gasteiger partial charge in [-0.15, -0.1) is 11.3 Å². The van der Waals surface area contributed by atoms with Gasteiger partial charge in [0.15, 0.2) is 0 Å². The van der Waals surface area contributed by atoms with E-state index in [1.807, 2.05) is 18.2 Å². The van der Waals surface area contributed by atoms with Crippen molar-refractivity contribution in [3.63, 3.8) is 0 Å². The molecule has 3 nitrogen and oxygen atoms in total. The molecule has 4 heteroatoms. The lowest BCUT2D eigenvalue weighted by atomic mass is 10.1. The Labute approximate surface area is 113 Å². The van der Waals surface area contributed by atoms with Gasteiger partial charge in [-0.05, 0) is 53.2 Å². The number of nitrogens with zero attached hydrogens (tertiary/aromatic N) is 1. The molecule has 0 radical (unpaired) electrons. The molecule has 19 heavy (non-hydrogen) atoms. The van der Waals surface area contributed by atoms with E-state index in [4.69, 9.17) is 5.73 Å². The molecular formula is C15H11N3S. The van der Waals surface area contributed by atoms with Gasteiger partial charge in [0.1, 0.15) is 5.82 Å². The van der Waals surface area contributed by atoms with E-state index in [0.29, 0.717) is 0 Å². The zero-order chi connectivity index (χ0) is 12.8. The minimum absolute atomic E-state index is 0.746. The minimum atomic E-state index is 0.746. The van der Waals surface area contributed by atoms with Gasteiger partial charge >= 0.3 is 0 Å². The van der Waals surface area contributed by atoms with Crippen LogP contribution in [0, 0.1) is 0 Å². The van der Waals surface area contributed by atoms with Gasteiger partial charge < -0.3 is 10.7 Å². The monoisotopic (exact) mass is 265 g/mol. The smallest absolute Gasteiger partial charge is 0.138 e. The summed E-state index contributed by atoms with van der Waals surface area (Å²) >= 11 is 1.75. The van der Waals surface area contributed by atoms with Crippen LogP contribution in [-0.4, -0.2) is 9.97 Å². The van der Waals surface area contributed by atoms with E-state index >= 15 is 0 Å². The molecule has 2 heterocycles. The summed E-state index contributed by atoms with van der Waals surface area (Å²) in [4.78, 5) is 7.93. The molecule has 2 aromatic carbocycles. The lowest BCUT2D eigenvalue weighted by Crippen LogP contribution is -1.82. The van der Waals surface area contributed by atoms with Crippen LogP contribution < -0.4 is 5.73 Å². The number of hydrogen-bond acceptors (Lipinski definition) is 3. The number of H-pyrrole nitrogens is 1. The fourth-order valence-corrected chi connectivity index (χ4v) is 3.05. The third kappa shape index (κ3) is 1.69. The maximum atomic E-state index is 5.79. The van der Waals surface area contributed by atoms with Gasteiger partial charge in [0.25, 0.3) is 0 Å². The van der Waals surface area contributed by atoms with Crippen LogP contribution in [0.25, 0.3) is 32.5 Å². The zero-order valence-electron chi connectivity index (χ0n) is 10.1. The van der Waals surface area contributed by atoms with Gasteiger partial charge in [0.05, 0.1) is 11.0 Å². The summed E-state index contributed by atoms with van der Waals surface area (Å²) in [5.41, 5.74) is 9.54. The van der Waals surface area contributed by atoms with E-state index in [2.05, 4.69) is 39.6 Å². The van der Waals surface area contributed by atoms with Crippen LogP contribution in [0.5, 0.6) is 0 Å². The average Bonchev–Trinajstić information content (AvgIpc) is 3.02. The van der Waals surface area contributed by atoms with Gasteiger partial charge in [0, 0.05) is 16.0 Å². The number of hydrogen-bond donors (Lipinski definition) is 2. The molecule has 0 spiro atoms. The third-order valence-corrected chi connectivity index (χ3v) is 4.13. The van der Waals surface area contributed by atoms with Gasteiger partial charge in [-0.1, -0.05) is 0 Å². The molecule has 92 valence electrons. The van der Waals surface area contributed by atoms with E-state index < -0.39 is 0 Å². The van der Waals surface area contributed by atoms with Crippen molar-refractivity contribution in [1.29, 1.82) is 0 Å². The Morgan fingerprint density at radius 2 is 2.00 bits per heavy atom. The van der Waals surface area contributed by atoms with Crippen molar-refractivity contribution in [1.82, 2.24) is 9.97 Å². The van der Waals surface area contributed by atoms with E-state index in [1.165, 1.54) is 10.1 Å². The molecule has 0 bridgehead atoms. The second-order valence-electron chi connectivity index (χ2n) is 4.54. The number of thiophene rings is 1. The molecule has 0 aliphatic carbocycles. The van der Waals surface area contributed by atoms with Gasteiger partial charge in [0.2, 0.25) is 0 Å². The highest BCUT2D eigenvalue weighted by atomic mass is 32.1. The van der Waals surface area contributed by atoms with E-state index in [-0.39, 0.29) is 0 Å². The lowest BCUT2D eigenvalue weighted by Gasteiger charge is -1.96. The van der Waals surface area contributed by atoms with Crippen molar-refractivity contribution in [3.05, 3.63) is 47.8 Å². The van der Waals surface area contributed by atoms with Crippen LogP contribution in [0.1, 0.15) is 0 Å². The number of nitrogen functional groups attached to an aromatic ring is 1. The van der Waals surface area contributed by atoms with Crippen molar-refractivity contribution in [2.45, 2.75) is 0 Å². The van der Waals surface area contributed by atoms with Crippen LogP contribution >= 0.6 is 11.3 Å². The molecule has 2 aromatic heterocycles. The van der Waals surface area contributed by atoms with E-state index in [9.17, 15) is 0 Å². The summed E-state index contributed by atoms with van der Waals surface area (Å²) in [6.07, 6.45) is 0. The van der Waals surface area contributed by atoms with Crippen LogP contribution in [0.3, 0.4) is 0 Å². The number of nitrogens with two attached hydrogens (primary N) is 1. The number of anilines is 1.